The molecule has 0 radical (unpaired) electrons. The van der Waals surface area contributed by atoms with Crippen LogP contribution in [0.5, 0.6) is 0 Å². The molecule has 0 saturated carbocycles. The topological polar surface area (TPSA) is 86.2 Å². The summed E-state index contributed by atoms with van der Waals surface area (Å²) in [5.74, 6) is -1.68. The molecule has 0 bridgehead atoms. The van der Waals surface area contributed by atoms with Crippen molar-refractivity contribution >= 4 is 11.6 Å². The van der Waals surface area contributed by atoms with Crippen molar-refractivity contribution in [2.75, 3.05) is 0 Å². The minimum absolute atomic E-state index is 0.119. The van der Waals surface area contributed by atoms with Gasteiger partial charge in [0.1, 0.15) is 11.4 Å². The molecule has 0 saturated heterocycles. The van der Waals surface area contributed by atoms with E-state index in [0.29, 0.717) is 0 Å². The molecule has 0 aliphatic heterocycles. The summed E-state index contributed by atoms with van der Waals surface area (Å²) < 4.78 is 13.2. The van der Waals surface area contributed by atoms with Crippen molar-refractivity contribution in [3.8, 4) is 0 Å². The van der Waals surface area contributed by atoms with Crippen LogP contribution < -0.4 is 5.73 Å². The second-order valence-corrected chi connectivity index (χ2v) is 3.13. The number of carbonyl (C=O) groups excluding carboxylic acids is 1. The van der Waals surface area contributed by atoms with Crippen LogP contribution in [0, 0.1) is 29.8 Å². The van der Waals surface area contributed by atoms with Gasteiger partial charge in [-0.05, 0) is 25.5 Å². The van der Waals surface area contributed by atoms with Crippen LogP contribution in [0.25, 0.3) is 0 Å². The number of hydrogen-bond donors (Lipinski definition) is 1. The second kappa shape index (κ2) is 3.64. The Kier molecular flexibility index (Phi) is 2.69. The number of nitrogens with two attached hydrogens (primary N) is 1. The summed E-state index contributed by atoms with van der Waals surface area (Å²) in [4.78, 5) is 20.8. The number of nitro benzene ring substituents is 1. The first-order valence-corrected chi connectivity index (χ1v) is 4.10. The molecule has 80 valence electrons. The minimum atomic E-state index is -1.01. The van der Waals surface area contributed by atoms with Crippen LogP contribution in [-0.4, -0.2) is 10.8 Å². The summed E-state index contributed by atoms with van der Waals surface area (Å²) in [5.41, 5.74) is 4.36. The number of halogens is 1. The molecule has 2 N–H and O–H groups in total. The summed E-state index contributed by atoms with van der Waals surface area (Å²) in [5, 5.41) is 10.7. The normalized spacial score (nSPS) is 10.1. The second-order valence-electron chi connectivity index (χ2n) is 3.13. The number of nitrogens with zero attached hydrogens (tertiary/aromatic N) is 1. The zero-order chi connectivity index (χ0) is 11.7. The highest BCUT2D eigenvalue weighted by Crippen LogP contribution is 2.27. The van der Waals surface area contributed by atoms with Crippen LogP contribution >= 0.6 is 0 Å². The predicted octanol–water partition coefficient (Wildman–Crippen LogP) is 1.45. The van der Waals surface area contributed by atoms with Gasteiger partial charge in [-0.1, -0.05) is 0 Å². The summed E-state index contributed by atoms with van der Waals surface area (Å²) in [7, 11) is 0. The Hall–Kier alpha value is -1.98. The van der Waals surface area contributed by atoms with Crippen molar-refractivity contribution in [2.24, 2.45) is 5.73 Å². The highest BCUT2D eigenvalue weighted by atomic mass is 19.1. The minimum Gasteiger partial charge on any atom is -0.365 e. The SMILES string of the molecule is Cc1c(F)cc(C(N)=O)c([N+](=O)[O-])c1C. The highest BCUT2D eigenvalue weighted by Gasteiger charge is 2.24. The van der Waals surface area contributed by atoms with Gasteiger partial charge in [-0.25, -0.2) is 4.39 Å². The molecule has 0 fully saturated rings. The van der Waals surface area contributed by atoms with Gasteiger partial charge in [-0.3, -0.25) is 14.9 Å². The van der Waals surface area contributed by atoms with Crippen LogP contribution in [0.4, 0.5) is 10.1 Å². The zero-order valence-corrected chi connectivity index (χ0v) is 8.20. The number of carbonyl (C=O) groups is 1. The molecule has 1 aromatic carbocycles. The number of rotatable bonds is 2. The van der Waals surface area contributed by atoms with Gasteiger partial charge in [-0.15, -0.1) is 0 Å². The van der Waals surface area contributed by atoms with E-state index in [2.05, 4.69) is 0 Å². The molecule has 6 heteroatoms. The lowest BCUT2D eigenvalue weighted by molar-refractivity contribution is -0.385. The molecule has 0 unspecified atom stereocenters. The van der Waals surface area contributed by atoms with E-state index < -0.39 is 27.9 Å². The van der Waals surface area contributed by atoms with E-state index in [1.54, 1.807) is 0 Å². The van der Waals surface area contributed by atoms with Gasteiger partial charge in [0.25, 0.3) is 11.6 Å². The van der Waals surface area contributed by atoms with Gasteiger partial charge in [0, 0.05) is 5.56 Å². The van der Waals surface area contributed by atoms with Crippen LogP contribution in [0.2, 0.25) is 0 Å². The maximum atomic E-state index is 13.2. The van der Waals surface area contributed by atoms with Crippen LogP contribution in [0.3, 0.4) is 0 Å². The number of benzene rings is 1. The Morgan fingerprint density at radius 2 is 2.00 bits per heavy atom. The van der Waals surface area contributed by atoms with Crippen molar-refractivity contribution in [3.05, 3.63) is 38.7 Å². The average molecular weight is 212 g/mol. The molecule has 0 aliphatic carbocycles. The lowest BCUT2D eigenvalue weighted by Crippen LogP contribution is -2.15. The van der Waals surface area contributed by atoms with Crippen LogP contribution in [0.1, 0.15) is 21.5 Å². The summed E-state index contributed by atoms with van der Waals surface area (Å²) in [6.45, 7) is 2.78. The Balaban J connectivity index is 3.65. The monoisotopic (exact) mass is 212 g/mol. The summed E-state index contributed by atoms with van der Waals surface area (Å²) in [6.07, 6.45) is 0. The first-order chi connectivity index (χ1) is 6.86. The van der Waals surface area contributed by atoms with Gasteiger partial charge < -0.3 is 5.73 Å². The first kappa shape index (κ1) is 11.1. The molecule has 0 spiro atoms. The van der Waals surface area contributed by atoms with E-state index in [1.165, 1.54) is 13.8 Å². The van der Waals surface area contributed by atoms with Gasteiger partial charge in [-0.2, -0.15) is 0 Å². The van der Waals surface area contributed by atoms with E-state index in [1.807, 2.05) is 0 Å². The maximum Gasteiger partial charge on any atom is 0.285 e. The van der Waals surface area contributed by atoms with E-state index in [4.69, 9.17) is 5.73 Å². The number of hydrogen-bond acceptors (Lipinski definition) is 3. The molecule has 0 heterocycles. The van der Waals surface area contributed by atoms with Gasteiger partial charge in [0.15, 0.2) is 0 Å². The lowest BCUT2D eigenvalue weighted by Gasteiger charge is -2.06. The third-order valence-electron chi connectivity index (χ3n) is 2.25. The number of primary amides is 1. The standard InChI is InChI=1S/C9H9FN2O3/c1-4-5(2)8(12(14)15)6(9(11)13)3-7(4)10/h3H,1-2H3,(H2,11,13). The molecule has 15 heavy (non-hydrogen) atoms. The fraction of sp³-hybridized carbons (Fsp3) is 0.222. The molecule has 0 aromatic heterocycles. The fourth-order valence-electron chi connectivity index (χ4n) is 1.29. The van der Waals surface area contributed by atoms with Crippen LogP contribution in [0.15, 0.2) is 6.07 Å². The Morgan fingerprint density at radius 3 is 2.40 bits per heavy atom. The van der Waals surface area contributed by atoms with Crippen molar-refractivity contribution in [1.29, 1.82) is 0 Å². The van der Waals surface area contributed by atoms with E-state index >= 15 is 0 Å². The predicted molar refractivity (Wildman–Crippen MR) is 51.0 cm³/mol. The van der Waals surface area contributed by atoms with Crippen molar-refractivity contribution < 1.29 is 14.1 Å². The fourth-order valence-corrected chi connectivity index (χ4v) is 1.29. The molecule has 0 aliphatic rings. The quantitative estimate of drug-likeness (QED) is 0.594. The molecule has 0 atom stereocenters. The average Bonchev–Trinajstić information content (AvgIpc) is 2.12. The Labute approximate surface area is 84.8 Å². The Morgan fingerprint density at radius 1 is 1.47 bits per heavy atom. The first-order valence-electron chi connectivity index (χ1n) is 4.10. The van der Waals surface area contributed by atoms with Crippen LogP contribution in [-0.2, 0) is 0 Å². The molecule has 1 aromatic rings. The van der Waals surface area contributed by atoms with Crippen molar-refractivity contribution in [2.45, 2.75) is 13.8 Å². The van der Waals surface area contributed by atoms with E-state index in [0.717, 1.165) is 6.07 Å². The molecule has 5 nitrogen and oxygen atoms in total. The largest absolute Gasteiger partial charge is 0.365 e. The zero-order valence-electron chi connectivity index (χ0n) is 8.20. The van der Waals surface area contributed by atoms with Gasteiger partial charge in [0.2, 0.25) is 0 Å². The third-order valence-corrected chi connectivity index (χ3v) is 2.25. The summed E-state index contributed by atoms with van der Waals surface area (Å²) >= 11 is 0. The van der Waals surface area contributed by atoms with E-state index in [-0.39, 0.29) is 11.1 Å². The van der Waals surface area contributed by atoms with Crippen molar-refractivity contribution in [1.82, 2.24) is 0 Å². The smallest absolute Gasteiger partial charge is 0.285 e. The van der Waals surface area contributed by atoms with Gasteiger partial charge >= 0.3 is 0 Å². The highest BCUT2D eigenvalue weighted by molar-refractivity contribution is 5.97. The summed E-state index contributed by atoms with van der Waals surface area (Å²) in [6, 6.07) is 0.794. The third kappa shape index (κ3) is 1.78. The lowest BCUT2D eigenvalue weighted by atomic mass is 10.0. The maximum absolute atomic E-state index is 13.2. The molecular formula is C9H9FN2O3. The van der Waals surface area contributed by atoms with Crippen molar-refractivity contribution in [3.63, 3.8) is 0 Å². The van der Waals surface area contributed by atoms with Gasteiger partial charge in [0.05, 0.1) is 4.92 Å². The Bertz CT molecular complexity index is 457. The number of nitro groups is 1. The van der Waals surface area contributed by atoms with E-state index in [9.17, 15) is 19.3 Å². The number of amides is 1. The molecule has 1 amide bonds. The molecular weight excluding hydrogens is 203 g/mol. The molecule has 1 rings (SSSR count).